The normalized spacial score (nSPS) is 20.8. The number of aliphatic hydroxyl groups excluding tert-OH is 1. The van der Waals surface area contributed by atoms with Gasteiger partial charge in [-0.1, -0.05) is 35.9 Å². The van der Waals surface area contributed by atoms with Crippen molar-refractivity contribution < 1.29 is 24.3 Å². The molecule has 0 aromatic heterocycles. The molecule has 2 heterocycles. The summed E-state index contributed by atoms with van der Waals surface area (Å²) in [5.41, 5.74) is 2.16. The van der Waals surface area contributed by atoms with Gasteiger partial charge in [-0.2, -0.15) is 0 Å². The van der Waals surface area contributed by atoms with Crippen LogP contribution in [0.5, 0.6) is 5.75 Å². The maximum atomic E-state index is 13.2. The lowest BCUT2D eigenvalue weighted by Crippen LogP contribution is -3.14. The number of aryl methyl sites for hydroxylation is 1. The van der Waals surface area contributed by atoms with Crippen LogP contribution in [0.4, 0.5) is 0 Å². The maximum absolute atomic E-state index is 13.2. The van der Waals surface area contributed by atoms with E-state index in [4.69, 9.17) is 16.3 Å². The van der Waals surface area contributed by atoms with Crippen molar-refractivity contribution in [2.45, 2.75) is 25.9 Å². The molecule has 3 aromatic rings. The molecule has 1 saturated heterocycles. The van der Waals surface area contributed by atoms with Gasteiger partial charge in [-0.05, 0) is 54.1 Å². The lowest BCUT2D eigenvalue weighted by Gasteiger charge is -2.34. The third kappa shape index (κ3) is 4.92. The van der Waals surface area contributed by atoms with Crippen LogP contribution < -0.4 is 9.64 Å². The molecule has 1 atom stereocenters. The molecule has 0 saturated carbocycles. The van der Waals surface area contributed by atoms with Gasteiger partial charge < -0.3 is 14.7 Å². The number of imide groups is 1. The summed E-state index contributed by atoms with van der Waals surface area (Å²) in [5, 5.41) is 12.9. The number of aliphatic hydroxyl groups is 1. The quantitative estimate of drug-likeness (QED) is 0.496. The van der Waals surface area contributed by atoms with Crippen molar-refractivity contribution in [1.29, 1.82) is 0 Å². The first-order chi connectivity index (χ1) is 16.9. The van der Waals surface area contributed by atoms with Gasteiger partial charge >= 0.3 is 0 Å². The van der Waals surface area contributed by atoms with Gasteiger partial charge in [0.2, 0.25) is 0 Å². The van der Waals surface area contributed by atoms with E-state index in [0.29, 0.717) is 35.0 Å². The number of ether oxygens (including phenoxy) is 1. The topological polar surface area (TPSA) is 71.3 Å². The first-order valence-electron chi connectivity index (χ1n) is 12.2. The standard InChI is InChI=1S/C28H29ClN2O4/c1-18-14-22(8-9-25(18)29)35-17-21(32)16-30-12-10-19(11-13-30)15-31-27(33)23-6-2-4-20-5-3-7-24(26(20)23)28(31)34/h2-9,14,19,21,32H,10-13,15-17H2,1H3/p+1/t21-/m1/s1. The smallest absolute Gasteiger partial charge is 0.261 e. The summed E-state index contributed by atoms with van der Waals surface area (Å²) in [6.07, 6.45) is 1.24. The fourth-order valence-corrected chi connectivity index (χ4v) is 5.39. The van der Waals surface area contributed by atoms with E-state index in [1.807, 2.05) is 55.5 Å². The minimum atomic E-state index is -0.570. The van der Waals surface area contributed by atoms with Gasteiger partial charge in [-0.15, -0.1) is 0 Å². The van der Waals surface area contributed by atoms with Crippen molar-refractivity contribution in [2.24, 2.45) is 5.92 Å². The lowest BCUT2D eigenvalue weighted by molar-refractivity contribution is -0.909. The van der Waals surface area contributed by atoms with E-state index in [1.54, 1.807) is 6.07 Å². The number of amides is 2. The number of quaternary nitrogens is 1. The molecule has 6 nitrogen and oxygen atoms in total. The number of likely N-dealkylation sites (tertiary alicyclic amines) is 1. The summed E-state index contributed by atoms with van der Waals surface area (Å²) in [4.78, 5) is 29.1. The van der Waals surface area contributed by atoms with Gasteiger partial charge in [0.15, 0.2) is 0 Å². The van der Waals surface area contributed by atoms with E-state index in [-0.39, 0.29) is 24.3 Å². The average molecular weight is 494 g/mol. The number of carbonyl (C=O) groups excluding carboxylic acids is 2. The number of hydrogen-bond donors (Lipinski definition) is 2. The zero-order chi connectivity index (χ0) is 24.5. The Bertz CT molecular complexity index is 1220. The van der Waals surface area contributed by atoms with Crippen LogP contribution in [0.15, 0.2) is 54.6 Å². The average Bonchev–Trinajstić information content (AvgIpc) is 2.86. The van der Waals surface area contributed by atoms with Gasteiger partial charge in [-0.3, -0.25) is 14.5 Å². The van der Waals surface area contributed by atoms with Crippen molar-refractivity contribution in [2.75, 3.05) is 32.8 Å². The van der Waals surface area contributed by atoms with E-state index in [1.165, 1.54) is 9.80 Å². The molecule has 0 bridgehead atoms. The predicted molar refractivity (Wildman–Crippen MR) is 135 cm³/mol. The van der Waals surface area contributed by atoms with Gasteiger partial charge in [0.1, 0.15) is 25.0 Å². The molecule has 5 rings (SSSR count). The number of carbonyl (C=O) groups is 2. The highest BCUT2D eigenvalue weighted by molar-refractivity contribution is 6.31. The fourth-order valence-electron chi connectivity index (χ4n) is 5.27. The number of hydrogen-bond acceptors (Lipinski definition) is 4. The first-order valence-corrected chi connectivity index (χ1v) is 12.6. The molecule has 2 N–H and O–H groups in total. The second kappa shape index (κ2) is 9.97. The van der Waals surface area contributed by atoms with Crippen molar-refractivity contribution in [1.82, 2.24) is 4.90 Å². The van der Waals surface area contributed by atoms with Crippen molar-refractivity contribution in [3.05, 3.63) is 76.3 Å². The Balaban J connectivity index is 1.14. The third-order valence-corrected chi connectivity index (χ3v) is 7.63. The minimum absolute atomic E-state index is 0.195. The van der Waals surface area contributed by atoms with Crippen LogP contribution in [0.1, 0.15) is 39.1 Å². The van der Waals surface area contributed by atoms with Gasteiger partial charge in [0.25, 0.3) is 11.8 Å². The van der Waals surface area contributed by atoms with E-state index in [0.717, 1.165) is 42.3 Å². The van der Waals surface area contributed by atoms with Crippen LogP contribution in [0.25, 0.3) is 10.8 Å². The highest BCUT2D eigenvalue weighted by atomic mass is 35.5. The molecule has 182 valence electrons. The van der Waals surface area contributed by atoms with E-state index >= 15 is 0 Å². The van der Waals surface area contributed by atoms with Crippen LogP contribution in [0.3, 0.4) is 0 Å². The van der Waals surface area contributed by atoms with Crippen molar-refractivity contribution in [3.8, 4) is 5.75 Å². The number of nitrogens with zero attached hydrogens (tertiary/aromatic N) is 1. The zero-order valence-corrected chi connectivity index (χ0v) is 20.6. The SMILES string of the molecule is Cc1cc(OC[C@H](O)C[NH+]2CCC(CN3C(=O)c4cccc5cccc(c45)C3=O)CC2)ccc1Cl. The Morgan fingerprint density at radius 3 is 2.34 bits per heavy atom. The molecule has 2 aliphatic heterocycles. The van der Waals surface area contributed by atoms with E-state index < -0.39 is 6.10 Å². The van der Waals surface area contributed by atoms with Crippen molar-refractivity contribution >= 4 is 34.2 Å². The number of nitrogens with one attached hydrogen (secondary N) is 1. The Hall–Kier alpha value is -2.93. The molecule has 0 spiro atoms. The molecular weight excluding hydrogens is 464 g/mol. The van der Waals surface area contributed by atoms with E-state index in [2.05, 4.69) is 0 Å². The summed E-state index contributed by atoms with van der Waals surface area (Å²) in [6, 6.07) is 16.7. The number of rotatable bonds is 7. The Morgan fingerprint density at radius 1 is 1.06 bits per heavy atom. The molecule has 3 aromatic carbocycles. The maximum Gasteiger partial charge on any atom is 0.261 e. The predicted octanol–water partition coefficient (Wildman–Crippen LogP) is 3.13. The summed E-state index contributed by atoms with van der Waals surface area (Å²) < 4.78 is 5.74. The van der Waals surface area contributed by atoms with Crippen LogP contribution in [0, 0.1) is 12.8 Å². The lowest BCUT2D eigenvalue weighted by atomic mass is 9.91. The molecule has 7 heteroatoms. The molecule has 1 fully saturated rings. The summed E-state index contributed by atoms with van der Waals surface area (Å²) >= 11 is 6.05. The molecule has 0 aliphatic carbocycles. The van der Waals surface area contributed by atoms with Crippen LogP contribution in [0.2, 0.25) is 5.02 Å². The highest BCUT2D eigenvalue weighted by Crippen LogP contribution is 2.31. The highest BCUT2D eigenvalue weighted by Gasteiger charge is 2.35. The van der Waals surface area contributed by atoms with Crippen LogP contribution in [-0.4, -0.2) is 60.7 Å². The van der Waals surface area contributed by atoms with E-state index in [9.17, 15) is 14.7 Å². The van der Waals surface area contributed by atoms with Gasteiger partial charge in [-0.25, -0.2) is 0 Å². The second-order valence-electron chi connectivity index (χ2n) is 9.70. The Kier molecular flexibility index (Phi) is 6.78. The summed E-state index contributed by atoms with van der Waals surface area (Å²) in [7, 11) is 0. The Labute approximate surface area is 210 Å². The minimum Gasteiger partial charge on any atom is -0.491 e. The summed E-state index contributed by atoms with van der Waals surface area (Å²) in [5.74, 6) is 0.576. The molecule has 2 aliphatic rings. The van der Waals surface area contributed by atoms with Crippen LogP contribution >= 0.6 is 11.6 Å². The number of benzene rings is 3. The monoisotopic (exact) mass is 493 g/mol. The summed E-state index contributed by atoms with van der Waals surface area (Å²) in [6.45, 7) is 4.99. The van der Waals surface area contributed by atoms with Gasteiger partial charge in [0, 0.05) is 40.9 Å². The van der Waals surface area contributed by atoms with Gasteiger partial charge in [0.05, 0.1) is 13.1 Å². The first kappa shape index (κ1) is 23.8. The molecule has 35 heavy (non-hydrogen) atoms. The molecular formula is C28H30ClN2O4+. The number of halogens is 1. The van der Waals surface area contributed by atoms with Crippen molar-refractivity contribution in [3.63, 3.8) is 0 Å². The largest absolute Gasteiger partial charge is 0.491 e. The van der Waals surface area contributed by atoms with Crippen LogP contribution in [-0.2, 0) is 0 Å². The number of piperidine rings is 1. The zero-order valence-electron chi connectivity index (χ0n) is 19.8. The molecule has 0 unspecified atom stereocenters. The second-order valence-corrected chi connectivity index (χ2v) is 10.1. The Morgan fingerprint density at radius 2 is 1.71 bits per heavy atom. The fraction of sp³-hybridized carbons (Fsp3) is 0.357. The molecule has 2 amide bonds. The molecule has 0 radical (unpaired) electrons. The third-order valence-electron chi connectivity index (χ3n) is 7.20.